The molecular weight excluding hydrogens is 270 g/mol. The zero-order valence-corrected chi connectivity index (χ0v) is 13.0. The Balaban J connectivity index is 2.65. The predicted octanol–water partition coefficient (Wildman–Crippen LogP) is 0.409. The van der Waals surface area contributed by atoms with E-state index in [1.165, 1.54) is 0 Å². The van der Waals surface area contributed by atoms with Gasteiger partial charge in [0.1, 0.15) is 0 Å². The Morgan fingerprint density at radius 2 is 1.78 bits per heavy atom. The van der Waals surface area contributed by atoms with E-state index in [9.17, 15) is 8.42 Å². The Labute approximate surface area is 115 Å². The second-order valence-corrected chi connectivity index (χ2v) is 7.65. The van der Waals surface area contributed by atoms with Crippen molar-refractivity contribution in [3.63, 3.8) is 0 Å². The lowest BCUT2D eigenvalue weighted by Crippen LogP contribution is -2.59. The first kappa shape index (κ1) is 15.8. The standard InChI is InChI=1S/C11H23N3O2S2/c1-4-9-18(15,16)14-7-5-13(6-8-14)11(2,3)10(12)17/h4-9H2,1-3H3,(H2,12,17). The summed E-state index contributed by atoms with van der Waals surface area (Å²) in [6.45, 7) is 8.23. The van der Waals surface area contributed by atoms with Gasteiger partial charge in [0.2, 0.25) is 10.0 Å². The fourth-order valence-corrected chi connectivity index (χ4v) is 3.69. The van der Waals surface area contributed by atoms with Gasteiger partial charge in [0.25, 0.3) is 0 Å². The molecule has 0 aromatic heterocycles. The number of hydrogen-bond acceptors (Lipinski definition) is 4. The number of thiocarbonyl (C=S) groups is 1. The van der Waals surface area contributed by atoms with Crippen molar-refractivity contribution in [2.75, 3.05) is 31.9 Å². The highest BCUT2D eigenvalue weighted by atomic mass is 32.2. The molecule has 1 fully saturated rings. The summed E-state index contributed by atoms with van der Waals surface area (Å²) in [4.78, 5) is 2.60. The Morgan fingerprint density at radius 1 is 1.28 bits per heavy atom. The van der Waals surface area contributed by atoms with Gasteiger partial charge in [0.05, 0.1) is 16.3 Å². The molecule has 1 saturated heterocycles. The number of hydrogen-bond donors (Lipinski definition) is 1. The van der Waals surface area contributed by atoms with Crippen LogP contribution in [-0.2, 0) is 10.0 Å². The van der Waals surface area contributed by atoms with E-state index in [1.807, 2.05) is 20.8 Å². The molecule has 0 bridgehead atoms. The van der Waals surface area contributed by atoms with Crippen LogP contribution in [0.25, 0.3) is 0 Å². The van der Waals surface area contributed by atoms with Crippen molar-refractivity contribution in [3.05, 3.63) is 0 Å². The van der Waals surface area contributed by atoms with Crippen LogP contribution in [0, 0.1) is 0 Å². The fourth-order valence-electron chi connectivity index (χ4n) is 2.07. The van der Waals surface area contributed by atoms with Gasteiger partial charge in [-0.1, -0.05) is 19.1 Å². The van der Waals surface area contributed by atoms with Crippen LogP contribution in [0.1, 0.15) is 27.2 Å². The average molecular weight is 293 g/mol. The minimum Gasteiger partial charge on any atom is -0.392 e. The summed E-state index contributed by atoms with van der Waals surface area (Å²) in [6, 6.07) is 0. The third-order valence-corrected chi connectivity index (χ3v) is 6.06. The minimum atomic E-state index is -3.08. The average Bonchev–Trinajstić information content (AvgIpc) is 2.29. The highest BCUT2D eigenvalue weighted by molar-refractivity contribution is 7.89. The van der Waals surface area contributed by atoms with Crippen molar-refractivity contribution in [1.82, 2.24) is 9.21 Å². The molecule has 1 rings (SSSR count). The van der Waals surface area contributed by atoms with E-state index in [0.717, 1.165) is 0 Å². The van der Waals surface area contributed by atoms with Gasteiger partial charge in [-0.15, -0.1) is 0 Å². The summed E-state index contributed by atoms with van der Waals surface area (Å²) in [5, 5.41) is 0. The molecule has 1 aliphatic heterocycles. The maximum Gasteiger partial charge on any atom is 0.214 e. The van der Waals surface area contributed by atoms with E-state index in [2.05, 4.69) is 4.90 Å². The zero-order chi connectivity index (χ0) is 14.0. The van der Waals surface area contributed by atoms with Crippen LogP contribution in [0.15, 0.2) is 0 Å². The van der Waals surface area contributed by atoms with Crippen molar-refractivity contribution in [2.24, 2.45) is 5.73 Å². The smallest absolute Gasteiger partial charge is 0.214 e. The molecule has 18 heavy (non-hydrogen) atoms. The van der Waals surface area contributed by atoms with E-state index in [0.29, 0.717) is 37.6 Å². The van der Waals surface area contributed by atoms with Crippen molar-refractivity contribution in [3.8, 4) is 0 Å². The zero-order valence-electron chi connectivity index (χ0n) is 11.3. The highest BCUT2D eigenvalue weighted by Gasteiger charge is 2.34. The second kappa shape index (κ2) is 5.81. The highest BCUT2D eigenvalue weighted by Crippen LogP contribution is 2.19. The SMILES string of the molecule is CCCS(=O)(=O)N1CCN(C(C)(C)C(N)=S)CC1. The Hall–Kier alpha value is -0.240. The van der Waals surface area contributed by atoms with Crippen molar-refractivity contribution in [2.45, 2.75) is 32.7 Å². The lowest BCUT2D eigenvalue weighted by atomic mass is 10.0. The first-order valence-corrected chi connectivity index (χ1v) is 8.26. The first-order chi connectivity index (χ1) is 8.21. The topological polar surface area (TPSA) is 66.6 Å². The molecule has 0 aromatic carbocycles. The fraction of sp³-hybridized carbons (Fsp3) is 0.909. The van der Waals surface area contributed by atoms with E-state index in [-0.39, 0.29) is 11.3 Å². The summed E-state index contributed by atoms with van der Waals surface area (Å²) >= 11 is 5.06. The molecule has 5 nitrogen and oxygen atoms in total. The molecule has 0 aromatic rings. The third kappa shape index (κ3) is 3.40. The molecule has 1 aliphatic rings. The normalized spacial score (nSPS) is 19.9. The minimum absolute atomic E-state index is 0.228. The van der Waals surface area contributed by atoms with Crippen LogP contribution in [0.2, 0.25) is 0 Å². The van der Waals surface area contributed by atoms with Gasteiger partial charge in [0, 0.05) is 26.2 Å². The number of sulfonamides is 1. The van der Waals surface area contributed by atoms with Crippen molar-refractivity contribution in [1.29, 1.82) is 0 Å². The molecule has 0 aliphatic carbocycles. The number of piperazine rings is 1. The van der Waals surface area contributed by atoms with Crippen LogP contribution >= 0.6 is 12.2 Å². The molecule has 1 heterocycles. The predicted molar refractivity (Wildman–Crippen MR) is 78.1 cm³/mol. The molecule has 0 radical (unpaired) electrons. The van der Waals surface area contributed by atoms with Crippen LogP contribution in [0.5, 0.6) is 0 Å². The number of rotatable bonds is 5. The van der Waals surface area contributed by atoms with Crippen LogP contribution in [0.3, 0.4) is 0 Å². The van der Waals surface area contributed by atoms with E-state index < -0.39 is 10.0 Å². The molecule has 0 saturated carbocycles. The van der Waals surface area contributed by atoms with Gasteiger partial charge < -0.3 is 5.73 Å². The quantitative estimate of drug-likeness (QED) is 0.744. The summed E-state index contributed by atoms with van der Waals surface area (Å²) in [6.07, 6.45) is 0.654. The summed E-state index contributed by atoms with van der Waals surface area (Å²) in [7, 11) is -3.08. The maximum atomic E-state index is 11.9. The number of nitrogens with two attached hydrogens (primary N) is 1. The molecule has 106 valence electrons. The van der Waals surface area contributed by atoms with Gasteiger partial charge in [-0.25, -0.2) is 8.42 Å². The van der Waals surface area contributed by atoms with E-state index >= 15 is 0 Å². The summed E-state index contributed by atoms with van der Waals surface area (Å²) < 4.78 is 25.4. The summed E-state index contributed by atoms with van der Waals surface area (Å²) in [5.41, 5.74) is 5.38. The Kier molecular flexibility index (Phi) is 5.11. The Bertz CT molecular complexity index is 399. The molecular formula is C11H23N3O2S2. The third-order valence-electron chi connectivity index (χ3n) is 3.49. The van der Waals surface area contributed by atoms with Crippen LogP contribution < -0.4 is 5.73 Å². The second-order valence-electron chi connectivity index (χ2n) is 5.13. The van der Waals surface area contributed by atoms with Gasteiger partial charge in [-0.05, 0) is 20.3 Å². The summed E-state index contributed by atoms with van der Waals surface area (Å²) in [5.74, 6) is 0.228. The van der Waals surface area contributed by atoms with Crippen molar-refractivity contribution >= 4 is 27.2 Å². The van der Waals surface area contributed by atoms with E-state index in [1.54, 1.807) is 4.31 Å². The molecule has 0 unspecified atom stereocenters. The van der Waals surface area contributed by atoms with Gasteiger partial charge in [-0.2, -0.15) is 4.31 Å². The van der Waals surface area contributed by atoms with Crippen LogP contribution in [-0.4, -0.2) is 60.1 Å². The lowest BCUT2D eigenvalue weighted by molar-refractivity contribution is 0.123. The molecule has 2 N–H and O–H groups in total. The van der Waals surface area contributed by atoms with Gasteiger partial charge in [-0.3, -0.25) is 4.90 Å². The van der Waals surface area contributed by atoms with Crippen LogP contribution in [0.4, 0.5) is 0 Å². The lowest BCUT2D eigenvalue weighted by Gasteiger charge is -2.43. The van der Waals surface area contributed by atoms with E-state index in [4.69, 9.17) is 18.0 Å². The first-order valence-electron chi connectivity index (χ1n) is 6.24. The molecule has 0 spiro atoms. The molecule has 7 heteroatoms. The molecule has 0 amide bonds. The number of nitrogens with zero attached hydrogens (tertiary/aromatic N) is 2. The van der Waals surface area contributed by atoms with Crippen molar-refractivity contribution < 1.29 is 8.42 Å². The van der Waals surface area contributed by atoms with Gasteiger partial charge in [0.15, 0.2) is 0 Å². The maximum absolute atomic E-state index is 11.9. The molecule has 0 atom stereocenters. The largest absolute Gasteiger partial charge is 0.392 e. The van der Waals surface area contributed by atoms with Gasteiger partial charge >= 0.3 is 0 Å². The monoisotopic (exact) mass is 293 g/mol. The Morgan fingerprint density at radius 3 is 2.17 bits per heavy atom.